The number of ether oxygens (including phenoxy) is 1. The maximum atomic E-state index is 11.4. The molecule has 216 valence electrons. The van der Waals surface area contributed by atoms with Gasteiger partial charge < -0.3 is 19.9 Å². The van der Waals surface area contributed by atoms with Gasteiger partial charge in [0.15, 0.2) is 11.4 Å². The second kappa shape index (κ2) is 15.3. The summed E-state index contributed by atoms with van der Waals surface area (Å²) in [5.74, 6) is 1.89. The number of hydrogen-bond donors (Lipinski definition) is 1. The SMILES string of the molecule is C=CC.CC.CC.Nc1noc2cc3c(cc12)c(-c1ccc(Oc2ccccc2)cc1)nn3C1CCCN(C=O)C1. The molecule has 1 saturated heterocycles. The summed E-state index contributed by atoms with van der Waals surface area (Å²) in [6, 6.07) is 21.6. The van der Waals surface area contributed by atoms with Gasteiger partial charge in [0, 0.05) is 30.1 Å². The number of aromatic nitrogens is 3. The van der Waals surface area contributed by atoms with E-state index in [4.69, 9.17) is 20.1 Å². The molecule has 1 amide bonds. The second-order valence-corrected chi connectivity index (χ2v) is 8.97. The first kappa shape index (κ1) is 30.9. The van der Waals surface area contributed by atoms with Crippen LogP contribution in [0.1, 0.15) is 53.5 Å². The van der Waals surface area contributed by atoms with E-state index in [1.54, 1.807) is 6.08 Å². The predicted molar refractivity (Wildman–Crippen MR) is 168 cm³/mol. The number of carbonyl (C=O) groups is 1. The van der Waals surface area contributed by atoms with Crippen molar-refractivity contribution in [1.82, 2.24) is 19.8 Å². The summed E-state index contributed by atoms with van der Waals surface area (Å²) in [4.78, 5) is 13.2. The summed E-state index contributed by atoms with van der Waals surface area (Å²) < 4.78 is 13.4. The molecule has 1 atom stereocenters. The van der Waals surface area contributed by atoms with Gasteiger partial charge >= 0.3 is 0 Å². The topological polar surface area (TPSA) is 99.4 Å². The number of nitrogen functional groups attached to an aromatic ring is 1. The van der Waals surface area contributed by atoms with Gasteiger partial charge in [-0.25, -0.2) is 0 Å². The van der Waals surface area contributed by atoms with Crippen LogP contribution in [0.5, 0.6) is 11.5 Å². The lowest BCUT2D eigenvalue weighted by molar-refractivity contribution is -0.119. The molecule has 0 bridgehead atoms. The zero-order valence-electron chi connectivity index (χ0n) is 24.7. The number of nitrogens with zero attached hydrogens (tertiary/aromatic N) is 4. The number of fused-ring (bicyclic) bond motifs is 2. The largest absolute Gasteiger partial charge is 0.457 e. The van der Waals surface area contributed by atoms with Gasteiger partial charge in [0.25, 0.3) is 0 Å². The highest BCUT2D eigenvalue weighted by atomic mass is 16.5. The Kier molecular flexibility index (Phi) is 11.5. The van der Waals surface area contributed by atoms with E-state index in [9.17, 15) is 4.79 Å². The molecule has 3 heterocycles. The lowest BCUT2D eigenvalue weighted by Gasteiger charge is -2.30. The molecule has 0 spiro atoms. The van der Waals surface area contributed by atoms with E-state index in [2.05, 4.69) is 11.7 Å². The summed E-state index contributed by atoms with van der Waals surface area (Å²) in [5, 5.41) is 10.7. The van der Waals surface area contributed by atoms with Crippen molar-refractivity contribution >= 4 is 34.1 Å². The van der Waals surface area contributed by atoms with Gasteiger partial charge in [-0.15, -0.1) is 6.58 Å². The molecule has 0 saturated carbocycles. The van der Waals surface area contributed by atoms with E-state index in [1.165, 1.54) is 0 Å². The maximum absolute atomic E-state index is 11.4. The Hall–Kier alpha value is -4.59. The molecule has 8 heteroatoms. The van der Waals surface area contributed by atoms with Crippen LogP contribution in [-0.4, -0.2) is 39.3 Å². The summed E-state index contributed by atoms with van der Waals surface area (Å²) in [6.45, 7) is 14.7. The van der Waals surface area contributed by atoms with Crippen molar-refractivity contribution in [1.29, 1.82) is 0 Å². The molecule has 6 rings (SSSR count). The zero-order valence-corrected chi connectivity index (χ0v) is 24.7. The number of carbonyl (C=O) groups excluding carboxylic acids is 1. The second-order valence-electron chi connectivity index (χ2n) is 8.97. The first-order valence-corrected chi connectivity index (χ1v) is 14.3. The number of para-hydroxylation sites is 1. The standard InChI is InChI=1S/C26H23N5O3.C3H6.2C2H6/c27-26-22-13-21-23(14-24(22)34-29-26)31(18-5-4-12-30(15-18)16-32)28-25(21)17-8-10-20(11-9-17)33-19-6-2-1-3-7-19;1-3-2;2*1-2/h1-3,6-11,13-14,16,18H,4-5,12,15H2,(H2,27,29);3H,1H2,2H3;2*1-2H3. The fraction of sp³-hybridized carbons (Fsp3) is 0.303. The average molecular weight is 556 g/mol. The highest BCUT2D eigenvalue weighted by Gasteiger charge is 2.25. The zero-order chi connectivity index (χ0) is 29.8. The summed E-state index contributed by atoms with van der Waals surface area (Å²) in [5.41, 5.74) is 9.39. The Balaban J connectivity index is 0.000000610. The molecule has 1 aliphatic rings. The molecule has 3 aromatic carbocycles. The average Bonchev–Trinajstić information content (AvgIpc) is 3.59. The maximum Gasteiger partial charge on any atom is 0.209 e. The van der Waals surface area contributed by atoms with Crippen LogP contribution in [0.4, 0.5) is 5.82 Å². The number of anilines is 1. The molecule has 0 radical (unpaired) electrons. The molecule has 2 N–H and O–H groups in total. The first-order valence-electron chi connectivity index (χ1n) is 14.3. The van der Waals surface area contributed by atoms with Gasteiger partial charge in [-0.2, -0.15) is 5.10 Å². The van der Waals surface area contributed by atoms with Gasteiger partial charge in [-0.05, 0) is 62.2 Å². The molecule has 2 aromatic heterocycles. The van der Waals surface area contributed by atoms with Gasteiger partial charge in [0.1, 0.15) is 17.2 Å². The van der Waals surface area contributed by atoms with Gasteiger partial charge in [0.05, 0.1) is 16.9 Å². The van der Waals surface area contributed by atoms with Crippen LogP contribution in [0.2, 0.25) is 0 Å². The van der Waals surface area contributed by atoms with Crippen LogP contribution in [0, 0.1) is 0 Å². The molecule has 8 nitrogen and oxygen atoms in total. The van der Waals surface area contributed by atoms with E-state index in [1.807, 2.05) is 111 Å². The van der Waals surface area contributed by atoms with Crippen LogP contribution in [0.25, 0.3) is 33.1 Å². The van der Waals surface area contributed by atoms with E-state index in [0.717, 1.165) is 64.8 Å². The molecule has 1 aliphatic heterocycles. The van der Waals surface area contributed by atoms with Gasteiger partial charge in [-0.3, -0.25) is 9.48 Å². The van der Waals surface area contributed by atoms with Crippen molar-refractivity contribution in [2.24, 2.45) is 0 Å². The smallest absolute Gasteiger partial charge is 0.209 e. The third kappa shape index (κ3) is 7.14. The molecule has 1 unspecified atom stereocenters. The van der Waals surface area contributed by atoms with Crippen molar-refractivity contribution in [2.75, 3.05) is 18.8 Å². The Morgan fingerprint density at radius 3 is 2.32 bits per heavy atom. The Morgan fingerprint density at radius 1 is 1.00 bits per heavy atom. The number of piperidine rings is 1. The monoisotopic (exact) mass is 555 g/mol. The van der Waals surface area contributed by atoms with Crippen molar-refractivity contribution < 1.29 is 14.1 Å². The van der Waals surface area contributed by atoms with E-state index in [0.29, 0.717) is 17.9 Å². The number of allylic oxidation sites excluding steroid dienone is 1. The Labute approximate surface area is 242 Å². The molecule has 1 fully saturated rings. The quantitative estimate of drug-likeness (QED) is 0.173. The summed E-state index contributed by atoms with van der Waals surface area (Å²) in [6.07, 6.45) is 4.55. The summed E-state index contributed by atoms with van der Waals surface area (Å²) >= 11 is 0. The van der Waals surface area contributed by atoms with Crippen LogP contribution in [0.3, 0.4) is 0 Å². The normalized spacial score (nSPS) is 14.1. The summed E-state index contributed by atoms with van der Waals surface area (Å²) in [7, 11) is 0. The third-order valence-electron chi connectivity index (χ3n) is 6.36. The molecule has 41 heavy (non-hydrogen) atoms. The molecular formula is C33H41N5O3. The van der Waals surface area contributed by atoms with E-state index in [-0.39, 0.29) is 6.04 Å². The van der Waals surface area contributed by atoms with Crippen LogP contribution in [-0.2, 0) is 4.79 Å². The minimum Gasteiger partial charge on any atom is -0.457 e. The molecule has 0 aliphatic carbocycles. The van der Waals surface area contributed by atoms with Crippen molar-refractivity contribution in [3.63, 3.8) is 0 Å². The van der Waals surface area contributed by atoms with Crippen LogP contribution in [0.15, 0.2) is 83.9 Å². The Morgan fingerprint density at radius 2 is 1.66 bits per heavy atom. The van der Waals surface area contributed by atoms with Crippen LogP contribution < -0.4 is 10.5 Å². The highest BCUT2D eigenvalue weighted by Crippen LogP contribution is 2.37. The van der Waals surface area contributed by atoms with Gasteiger partial charge in [0.2, 0.25) is 6.41 Å². The highest BCUT2D eigenvalue weighted by molar-refractivity contribution is 6.04. The van der Waals surface area contributed by atoms with Crippen LogP contribution >= 0.6 is 0 Å². The molecule has 5 aromatic rings. The molecular weight excluding hydrogens is 514 g/mol. The van der Waals surface area contributed by atoms with E-state index >= 15 is 0 Å². The number of likely N-dealkylation sites (tertiary alicyclic amines) is 1. The minimum atomic E-state index is 0.0774. The minimum absolute atomic E-state index is 0.0774. The Bertz CT molecular complexity index is 1520. The van der Waals surface area contributed by atoms with E-state index < -0.39 is 0 Å². The lowest BCUT2D eigenvalue weighted by atomic mass is 10.0. The predicted octanol–water partition coefficient (Wildman–Crippen LogP) is 8.26. The number of benzene rings is 3. The van der Waals surface area contributed by atoms with Crippen molar-refractivity contribution in [3.8, 4) is 22.8 Å². The fourth-order valence-corrected chi connectivity index (χ4v) is 4.66. The number of hydrogen-bond acceptors (Lipinski definition) is 6. The number of amides is 1. The van der Waals surface area contributed by atoms with Gasteiger partial charge in [-0.1, -0.05) is 57.1 Å². The first-order chi connectivity index (χ1) is 20.1. The fourth-order valence-electron chi connectivity index (χ4n) is 4.66. The number of nitrogens with two attached hydrogens (primary N) is 1. The van der Waals surface area contributed by atoms with Crippen molar-refractivity contribution in [3.05, 3.63) is 79.4 Å². The number of rotatable bonds is 5. The third-order valence-corrected chi connectivity index (χ3v) is 6.36. The lowest BCUT2D eigenvalue weighted by Crippen LogP contribution is -2.35. The van der Waals surface area contributed by atoms with Crippen molar-refractivity contribution in [2.45, 2.75) is 53.5 Å².